The molecule has 1 aliphatic heterocycles. The SMILES string of the molecule is CCOc1cc(/C=C2/NC(=O)N(Cc3ccccc3)C2=O)cc(I)c1OCC(=O)Nc1ccc(F)cc1. The molecule has 8 nitrogen and oxygen atoms in total. The quantitative estimate of drug-likeness (QED) is 0.202. The van der Waals surface area contributed by atoms with Gasteiger partial charge in [-0.3, -0.25) is 14.5 Å². The van der Waals surface area contributed by atoms with E-state index in [1.165, 1.54) is 24.3 Å². The smallest absolute Gasteiger partial charge is 0.329 e. The number of rotatable bonds is 9. The van der Waals surface area contributed by atoms with Crippen LogP contribution in [0.4, 0.5) is 14.9 Å². The summed E-state index contributed by atoms with van der Waals surface area (Å²) in [4.78, 5) is 38.8. The number of hydrogen-bond acceptors (Lipinski definition) is 5. The topological polar surface area (TPSA) is 97.0 Å². The Kier molecular flexibility index (Phi) is 8.39. The van der Waals surface area contributed by atoms with E-state index >= 15 is 0 Å². The third-order valence-electron chi connectivity index (χ3n) is 5.26. The lowest BCUT2D eigenvalue weighted by molar-refractivity contribution is -0.123. The van der Waals surface area contributed by atoms with Crippen LogP contribution < -0.4 is 20.1 Å². The molecule has 0 bridgehead atoms. The van der Waals surface area contributed by atoms with Gasteiger partial charge in [0.15, 0.2) is 18.1 Å². The number of carbonyl (C=O) groups is 3. The molecule has 2 N–H and O–H groups in total. The number of anilines is 1. The Morgan fingerprint density at radius 1 is 1.08 bits per heavy atom. The van der Waals surface area contributed by atoms with Crippen molar-refractivity contribution in [2.75, 3.05) is 18.5 Å². The van der Waals surface area contributed by atoms with Crippen LogP contribution in [-0.4, -0.2) is 36.0 Å². The van der Waals surface area contributed by atoms with E-state index in [9.17, 15) is 18.8 Å². The van der Waals surface area contributed by atoms with Gasteiger partial charge in [0.1, 0.15) is 11.5 Å². The second kappa shape index (κ2) is 11.9. The molecule has 1 aliphatic rings. The predicted molar refractivity (Wildman–Crippen MR) is 144 cm³/mol. The molecule has 0 aliphatic carbocycles. The minimum Gasteiger partial charge on any atom is -0.490 e. The summed E-state index contributed by atoms with van der Waals surface area (Å²) in [6.45, 7) is 2.02. The van der Waals surface area contributed by atoms with E-state index in [0.29, 0.717) is 32.9 Å². The summed E-state index contributed by atoms with van der Waals surface area (Å²) >= 11 is 2.05. The molecule has 0 spiro atoms. The number of nitrogens with zero attached hydrogens (tertiary/aromatic N) is 1. The zero-order chi connectivity index (χ0) is 26.4. The van der Waals surface area contributed by atoms with Gasteiger partial charge in [-0.2, -0.15) is 0 Å². The number of hydrogen-bond donors (Lipinski definition) is 2. The highest BCUT2D eigenvalue weighted by molar-refractivity contribution is 14.1. The number of imide groups is 1. The van der Waals surface area contributed by atoms with Crippen molar-refractivity contribution in [2.45, 2.75) is 13.5 Å². The van der Waals surface area contributed by atoms with Gasteiger partial charge in [0.25, 0.3) is 11.8 Å². The van der Waals surface area contributed by atoms with Gasteiger partial charge >= 0.3 is 6.03 Å². The van der Waals surface area contributed by atoms with Crippen LogP contribution in [0, 0.1) is 9.39 Å². The van der Waals surface area contributed by atoms with Gasteiger partial charge in [-0.15, -0.1) is 0 Å². The molecule has 1 heterocycles. The third kappa shape index (κ3) is 6.64. The molecule has 0 unspecified atom stereocenters. The summed E-state index contributed by atoms with van der Waals surface area (Å²) in [5.41, 5.74) is 2.04. The van der Waals surface area contributed by atoms with E-state index in [1.807, 2.05) is 37.3 Å². The van der Waals surface area contributed by atoms with Gasteiger partial charge in [0.2, 0.25) is 0 Å². The molecule has 190 valence electrons. The molecule has 1 fully saturated rings. The van der Waals surface area contributed by atoms with Crippen LogP contribution in [0.2, 0.25) is 0 Å². The van der Waals surface area contributed by atoms with Crippen LogP contribution in [-0.2, 0) is 16.1 Å². The van der Waals surface area contributed by atoms with Crippen molar-refractivity contribution in [1.82, 2.24) is 10.2 Å². The highest BCUT2D eigenvalue weighted by Crippen LogP contribution is 2.35. The normalized spacial score (nSPS) is 14.0. The molecule has 0 atom stereocenters. The number of benzene rings is 3. The molecule has 37 heavy (non-hydrogen) atoms. The Morgan fingerprint density at radius 2 is 1.81 bits per heavy atom. The largest absolute Gasteiger partial charge is 0.490 e. The maximum atomic E-state index is 13.1. The second-order valence-electron chi connectivity index (χ2n) is 7.97. The van der Waals surface area contributed by atoms with Gasteiger partial charge in [0.05, 0.1) is 16.7 Å². The summed E-state index contributed by atoms with van der Waals surface area (Å²) in [7, 11) is 0. The molecule has 0 saturated carbocycles. The van der Waals surface area contributed by atoms with Crippen molar-refractivity contribution < 1.29 is 28.2 Å². The van der Waals surface area contributed by atoms with Crippen LogP contribution in [0.15, 0.2) is 72.4 Å². The number of ether oxygens (including phenoxy) is 2. The highest BCUT2D eigenvalue weighted by atomic mass is 127. The van der Waals surface area contributed by atoms with Crippen molar-refractivity contribution in [3.05, 3.63) is 92.9 Å². The van der Waals surface area contributed by atoms with E-state index in [4.69, 9.17) is 9.47 Å². The lowest BCUT2D eigenvalue weighted by atomic mass is 10.1. The van der Waals surface area contributed by atoms with Gasteiger partial charge in [-0.05, 0) is 83.1 Å². The van der Waals surface area contributed by atoms with E-state index in [1.54, 1.807) is 18.2 Å². The van der Waals surface area contributed by atoms with Gasteiger partial charge in [0, 0.05) is 5.69 Å². The van der Waals surface area contributed by atoms with E-state index in [-0.39, 0.29) is 18.8 Å². The van der Waals surface area contributed by atoms with Crippen LogP contribution in [0.25, 0.3) is 6.08 Å². The van der Waals surface area contributed by atoms with E-state index in [2.05, 4.69) is 33.2 Å². The first kappa shape index (κ1) is 26.1. The first-order valence-corrected chi connectivity index (χ1v) is 12.4. The standard InChI is InChI=1S/C27H23FIN3O5/c1-2-36-23-14-18(13-22-26(34)32(27(35)31-22)15-17-6-4-3-5-7-17)12-21(29)25(23)37-16-24(33)30-20-10-8-19(28)9-11-20/h3-14H,2,15-16H2,1H3,(H,30,33)(H,31,35)/b22-13+. The summed E-state index contributed by atoms with van der Waals surface area (Å²) in [6.07, 6.45) is 1.57. The van der Waals surface area contributed by atoms with Crippen molar-refractivity contribution in [3.63, 3.8) is 0 Å². The Morgan fingerprint density at radius 3 is 2.51 bits per heavy atom. The van der Waals surface area contributed by atoms with E-state index in [0.717, 1.165) is 10.5 Å². The monoisotopic (exact) mass is 615 g/mol. The average molecular weight is 615 g/mol. The molecule has 1 saturated heterocycles. The molecule has 0 radical (unpaired) electrons. The van der Waals surface area contributed by atoms with Gasteiger partial charge in [-0.1, -0.05) is 30.3 Å². The molecular weight excluding hydrogens is 592 g/mol. The molecule has 3 aromatic rings. The van der Waals surface area contributed by atoms with Crippen LogP contribution in [0.5, 0.6) is 11.5 Å². The number of nitrogens with one attached hydrogen (secondary N) is 2. The molecule has 10 heteroatoms. The highest BCUT2D eigenvalue weighted by Gasteiger charge is 2.33. The molecule has 3 aromatic carbocycles. The molecule has 4 amide bonds. The number of amides is 4. The summed E-state index contributed by atoms with van der Waals surface area (Å²) in [5.74, 6) is -0.503. The Balaban J connectivity index is 1.48. The Labute approximate surface area is 226 Å². The summed E-state index contributed by atoms with van der Waals surface area (Å²) < 4.78 is 25.2. The number of carbonyl (C=O) groups excluding carboxylic acids is 3. The van der Waals surface area contributed by atoms with Gasteiger partial charge in [-0.25, -0.2) is 9.18 Å². The molecule has 0 aromatic heterocycles. The lowest BCUT2D eigenvalue weighted by Gasteiger charge is -2.15. The fourth-order valence-electron chi connectivity index (χ4n) is 3.59. The van der Waals surface area contributed by atoms with Crippen molar-refractivity contribution >= 4 is 52.2 Å². The van der Waals surface area contributed by atoms with E-state index < -0.39 is 23.7 Å². The van der Waals surface area contributed by atoms with Crippen LogP contribution in [0.1, 0.15) is 18.1 Å². The van der Waals surface area contributed by atoms with Crippen LogP contribution >= 0.6 is 22.6 Å². The minimum atomic E-state index is -0.494. The van der Waals surface area contributed by atoms with Crippen molar-refractivity contribution in [1.29, 1.82) is 0 Å². The number of halogens is 2. The minimum absolute atomic E-state index is 0.145. The van der Waals surface area contributed by atoms with Crippen molar-refractivity contribution in [3.8, 4) is 11.5 Å². The zero-order valence-electron chi connectivity index (χ0n) is 19.8. The Hall–Kier alpha value is -3.93. The fraction of sp³-hybridized carbons (Fsp3) is 0.148. The lowest BCUT2D eigenvalue weighted by Crippen LogP contribution is -2.30. The van der Waals surface area contributed by atoms with Crippen molar-refractivity contribution in [2.24, 2.45) is 0 Å². The number of urea groups is 1. The zero-order valence-corrected chi connectivity index (χ0v) is 22.0. The summed E-state index contributed by atoms with van der Waals surface area (Å²) in [6, 6.07) is 17.6. The molecule has 4 rings (SSSR count). The first-order chi connectivity index (χ1) is 17.8. The maximum absolute atomic E-state index is 13.1. The summed E-state index contributed by atoms with van der Waals surface area (Å²) in [5, 5.41) is 5.26. The second-order valence-corrected chi connectivity index (χ2v) is 9.13. The fourth-order valence-corrected chi connectivity index (χ4v) is 4.37. The van der Waals surface area contributed by atoms with Gasteiger partial charge < -0.3 is 20.1 Å². The first-order valence-electron chi connectivity index (χ1n) is 11.4. The Bertz CT molecular complexity index is 1350. The van der Waals surface area contributed by atoms with Crippen LogP contribution in [0.3, 0.4) is 0 Å². The third-order valence-corrected chi connectivity index (χ3v) is 6.07. The predicted octanol–water partition coefficient (Wildman–Crippen LogP) is 4.94. The molecular formula is C27H23FIN3O5. The average Bonchev–Trinajstić information content (AvgIpc) is 3.13. The maximum Gasteiger partial charge on any atom is 0.329 e.